The number of hydrogen-bond donors (Lipinski definition) is 1. The van der Waals surface area contributed by atoms with Gasteiger partial charge in [0.25, 0.3) is 0 Å². The Bertz CT molecular complexity index is 790. The van der Waals surface area contributed by atoms with E-state index in [1.54, 1.807) is 0 Å². The van der Waals surface area contributed by atoms with Gasteiger partial charge in [-0.2, -0.15) is 0 Å². The molecule has 0 saturated heterocycles. The van der Waals surface area contributed by atoms with Crippen LogP contribution >= 0.6 is 0 Å². The van der Waals surface area contributed by atoms with Crippen LogP contribution in [0.15, 0.2) is 60.7 Å². The van der Waals surface area contributed by atoms with Gasteiger partial charge in [0, 0.05) is 24.3 Å². The number of amides is 1. The number of hydrogen-bond acceptors (Lipinski definition) is 1. The van der Waals surface area contributed by atoms with Crippen LogP contribution in [0.3, 0.4) is 0 Å². The normalized spacial score (nSPS) is 10.8. The van der Waals surface area contributed by atoms with Crippen LogP contribution in [0.2, 0.25) is 0 Å². The smallest absolute Gasteiger partial charge is 0.224 e. The summed E-state index contributed by atoms with van der Waals surface area (Å²) in [5.41, 5.74) is 3.58. The first-order chi connectivity index (χ1) is 11.2. The molecule has 0 spiro atoms. The third-order valence-corrected chi connectivity index (χ3v) is 4.11. The zero-order valence-corrected chi connectivity index (χ0v) is 13.5. The zero-order chi connectivity index (χ0) is 16.1. The van der Waals surface area contributed by atoms with Crippen LogP contribution in [-0.2, 0) is 17.8 Å². The molecular weight excluding hydrogens is 284 g/mol. The minimum atomic E-state index is 0.0882. The van der Waals surface area contributed by atoms with E-state index in [0.717, 1.165) is 18.5 Å². The molecule has 0 aliphatic carbocycles. The van der Waals surface area contributed by atoms with E-state index in [1.807, 2.05) is 30.3 Å². The van der Waals surface area contributed by atoms with Crippen LogP contribution < -0.4 is 5.32 Å². The highest BCUT2D eigenvalue weighted by Gasteiger charge is 2.05. The molecule has 1 amide bonds. The van der Waals surface area contributed by atoms with E-state index in [2.05, 4.69) is 47.1 Å². The first kappa shape index (κ1) is 15.3. The molecule has 0 atom stereocenters. The fourth-order valence-electron chi connectivity index (χ4n) is 2.95. The molecular formula is C20H22N2O. The second-order valence-corrected chi connectivity index (χ2v) is 5.86. The Hall–Kier alpha value is -2.55. The first-order valence-electron chi connectivity index (χ1n) is 8.09. The second kappa shape index (κ2) is 7.14. The monoisotopic (exact) mass is 306 g/mol. The Morgan fingerprint density at radius 3 is 2.61 bits per heavy atom. The Kier molecular flexibility index (Phi) is 4.77. The van der Waals surface area contributed by atoms with Crippen LogP contribution in [0, 0.1) is 6.92 Å². The fourth-order valence-corrected chi connectivity index (χ4v) is 2.95. The minimum absolute atomic E-state index is 0.0882. The van der Waals surface area contributed by atoms with Crippen molar-refractivity contribution in [1.29, 1.82) is 0 Å². The zero-order valence-electron chi connectivity index (χ0n) is 13.5. The predicted octanol–water partition coefficient (Wildman–Crippen LogP) is 3.70. The van der Waals surface area contributed by atoms with E-state index in [1.165, 1.54) is 16.6 Å². The van der Waals surface area contributed by atoms with Crippen LogP contribution in [-0.4, -0.2) is 17.0 Å². The quantitative estimate of drug-likeness (QED) is 0.692. The van der Waals surface area contributed by atoms with Gasteiger partial charge in [0.15, 0.2) is 0 Å². The number of carbonyl (C=O) groups excluding carboxylic acids is 1. The molecule has 0 aliphatic rings. The number of carbonyl (C=O) groups is 1. The number of nitrogens with zero attached hydrogens (tertiary/aromatic N) is 1. The van der Waals surface area contributed by atoms with E-state index < -0.39 is 0 Å². The van der Waals surface area contributed by atoms with Crippen LogP contribution in [0.25, 0.3) is 10.9 Å². The molecule has 3 rings (SSSR count). The molecule has 2 aromatic carbocycles. The molecule has 0 fully saturated rings. The van der Waals surface area contributed by atoms with E-state index >= 15 is 0 Å². The highest BCUT2D eigenvalue weighted by Crippen LogP contribution is 2.19. The third-order valence-electron chi connectivity index (χ3n) is 4.11. The molecule has 3 nitrogen and oxygen atoms in total. The van der Waals surface area contributed by atoms with Gasteiger partial charge in [0.1, 0.15) is 0 Å². The summed E-state index contributed by atoms with van der Waals surface area (Å²) in [6.45, 7) is 3.76. The van der Waals surface area contributed by atoms with Gasteiger partial charge in [-0.3, -0.25) is 4.79 Å². The number of para-hydroxylation sites is 1. The summed E-state index contributed by atoms with van der Waals surface area (Å²) in [6, 6.07) is 20.5. The molecule has 1 N–H and O–H groups in total. The van der Waals surface area contributed by atoms with Crippen LogP contribution in [0.4, 0.5) is 0 Å². The van der Waals surface area contributed by atoms with Gasteiger partial charge < -0.3 is 9.88 Å². The summed E-state index contributed by atoms with van der Waals surface area (Å²) in [7, 11) is 0. The first-order valence-corrected chi connectivity index (χ1v) is 8.09. The molecule has 0 radical (unpaired) electrons. The number of nitrogens with one attached hydrogen (secondary N) is 1. The molecule has 1 heterocycles. The Labute approximate surface area is 136 Å². The lowest BCUT2D eigenvalue weighted by molar-refractivity contribution is -0.120. The Morgan fingerprint density at radius 1 is 1.04 bits per heavy atom. The summed E-state index contributed by atoms with van der Waals surface area (Å²) in [5, 5.41) is 4.28. The largest absolute Gasteiger partial charge is 0.356 e. The van der Waals surface area contributed by atoms with Crippen molar-refractivity contribution in [1.82, 2.24) is 9.88 Å². The lowest BCUT2D eigenvalue weighted by Gasteiger charge is -2.09. The maximum absolute atomic E-state index is 11.9. The van der Waals surface area contributed by atoms with Crippen molar-refractivity contribution in [2.45, 2.75) is 26.3 Å². The average Bonchev–Trinajstić information content (AvgIpc) is 2.88. The molecule has 0 unspecified atom stereocenters. The molecule has 0 aliphatic heterocycles. The van der Waals surface area contributed by atoms with E-state index in [9.17, 15) is 4.79 Å². The number of fused-ring (bicyclic) bond motifs is 1. The highest BCUT2D eigenvalue weighted by molar-refractivity contribution is 5.81. The van der Waals surface area contributed by atoms with Crippen molar-refractivity contribution < 1.29 is 4.79 Å². The lowest BCUT2D eigenvalue weighted by Crippen LogP contribution is -2.26. The number of rotatable bonds is 6. The molecule has 3 aromatic rings. The Balaban J connectivity index is 1.49. The maximum atomic E-state index is 11.9. The van der Waals surface area contributed by atoms with E-state index in [0.29, 0.717) is 13.0 Å². The molecule has 3 heteroatoms. The summed E-state index contributed by atoms with van der Waals surface area (Å²) in [4.78, 5) is 11.9. The standard InChI is InChI=1S/C20H22N2O/c1-16-14-18-10-5-6-11-19(18)22(16)13-7-12-21-20(23)15-17-8-3-2-4-9-17/h2-6,8-11,14H,7,12-13,15H2,1H3,(H,21,23). The van der Waals surface area contributed by atoms with Crippen LogP contribution in [0.1, 0.15) is 17.7 Å². The summed E-state index contributed by atoms with van der Waals surface area (Å²) in [6.07, 6.45) is 1.38. The minimum Gasteiger partial charge on any atom is -0.356 e. The van der Waals surface area contributed by atoms with Gasteiger partial charge >= 0.3 is 0 Å². The van der Waals surface area contributed by atoms with E-state index in [4.69, 9.17) is 0 Å². The van der Waals surface area contributed by atoms with Gasteiger partial charge in [0.05, 0.1) is 6.42 Å². The summed E-state index contributed by atoms with van der Waals surface area (Å²) >= 11 is 0. The van der Waals surface area contributed by atoms with Crippen molar-refractivity contribution in [3.05, 3.63) is 71.9 Å². The molecule has 0 saturated carbocycles. The van der Waals surface area contributed by atoms with Crippen molar-refractivity contribution in [3.63, 3.8) is 0 Å². The fraction of sp³-hybridized carbons (Fsp3) is 0.250. The van der Waals surface area contributed by atoms with Gasteiger partial charge in [-0.05, 0) is 36.4 Å². The lowest BCUT2D eigenvalue weighted by atomic mass is 10.1. The number of aryl methyl sites for hydroxylation is 2. The van der Waals surface area contributed by atoms with Crippen molar-refractivity contribution in [2.75, 3.05) is 6.54 Å². The molecule has 0 bridgehead atoms. The third kappa shape index (κ3) is 3.81. The van der Waals surface area contributed by atoms with Gasteiger partial charge in [-0.1, -0.05) is 48.5 Å². The second-order valence-electron chi connectivity index (χ2n) is 5.86. The molecule has 118 valence electrons. The van der Waals surface area contributed by atoms with Crippen molar-refractivity contribution in [2.24, 2.45) is 0 Å². The van der Waals surface area contributed by atoms with Gasteiger partial charge in [-0.15, -0.1) is 0 Å². The SMILES string of the molecule is Cc1cc2ccccc2n1CCCNC(=O)Cc1ccccc1. The molecule has 23 heavy (non-hydrogen) atoms. The van der Waals surface area contributed by atoms with Crippen molar-refractivity contribution in [3.8, 4) is 0 Å². The molecule has 1 aromatic heterocycles. The van der Waals surface area contributed by atoms with Crippen molar-refractivity contribution >= 4 is 16.8 Å². The van der Waals surface area contributed by atoms with Gasteiger partial charge in [0.2, 0.25) is 5.91 Å². The van der Waals surface area contributed by atoms with E-state index in [-0.39, 0.29) is 5.91 Å². The maximum Gasteiger partial charge on any atom is 0.224 e. The topological polar surface area (TPSA) is 34.0 Å². The highest BCUT2D eigenvalue weighted by atomic mass is 16.1. The van der Waals surface area contributed by atoms with Gasteiger partial charge in [-0.25, -0.2) is 0 Å². The summed E-state index contributed by atoms with van der Waals surface area (Å²) < 4.78 is 2.32. The average molecular weight is 306 g/mol. The summed E-state index contributed by atoms with van der Waals surface area (Å²) in [5.74, 6) is 0.0882. The number of benzene rings is 2. The predicted molar refractivity (Wildman–Crippen MR) is 94.4 cm³/mol. The van der Waals surface area contributed by atoms with Crippen LogP contribution in [0.5, 0.6) is 0 Å². The number of aromatic nitrogens is 1. The Morgan fingerprint density at radius 2 is 1.78 bits per heavy atom.